The summed E-state index contributed by atoms with van der Waals surface area (Å²) < 4.78 is 58.9. The van der Waals surface area contributed by atoms with Gasteiger partial charge in [0.25, 0.3) is 0 Å². The molecule has 0 bridgehead atoms. The van der Waals surface area contributed by atoms with Gasteiger partial charge in [-0.2, -0.15) is 0 Å². The van der Waals surface area contributed by atoms with Crippen molar-refractivity contribution in [2.24, 2.45) is 0 Å². The normalized spacial score (nSPS) is 11.8. The van der Waals surface area contributed by atoms with E-state index >= 15 is 0 Å². The van der Waals surface area contributed by atoms with E-state index in [2.05, 4.69) is 0 Å². The molecule has 0 heterocycles. The van der Waals surface area contributed by atoms with Crippen molar-refractivity contribution in [3.63, 3.8) is 0 Å². The van der Waals surface area contributed by atoms with E-state index in [0.29, 0.717) is 0 Å². The minimum Gasteiger partial charge on any atom is -0.488 e. The zero-order valence-electron chi connectivity index (χ0n) is 17.0. The van der Waals surface area contributed by atoms with Crippen LogP contribution in [-0.2, 0) is 26.3 Å². The Hall–Kier alpha value is -3.42. The van der Waals surface area contributed by atoms with Crippen LogP contribution in [0.1, 0.15) is 5.56 Å². The lowest BCUT2D eigenvalue weighted by Crippen LogP contribution is -2.09. The summed E-state index contributed by atoms with van der Waals surface area (Å²) in [6.07, 6.45) is 0. The van der Waals surface area contributed by atoms with Gasteiger partial charge in [0, 0.05) is 0 Å². The van der Waals surface area contributed by atoms with Crippen molar-refractivity contribution < 1.29 is 21.6 Å². The Labute approximate surface area is 187 Å². The van der Waals surface area contributed by atoms with Crippen molar-refractivity contribution >= 4 is 19.7 Å². The van der Waals surface area contributed by atoms with Crippen LogP contribution in [0, 0.1) is 0 Å². The van der Waals surface area contributed by atoms with Crippen LogP contribution in [0.2, 0.25) is 0 Å². The Bertz CT molecular complexity index is 1420. The molecular formula is C25H20O5S2. The van der Waals surface area contributed by atoms with Crippen molar-refractivity contribution in [1.82, 2.24) is 0 Å². The van der Waals surface area contributed by atoms with Crippen molar-refractivity contribution in [3.05, 3.63) is 115 Å². The molecule has 7 heteroatoms. The van der Waals surface area contributed by atoms with E-state index in [1.807, 2.05) is 30.3 Å². The Morgan fingerprint density at radius 1 is 0.531 bits per heavy atom. The maximum atomic E-state index is 13.4. The van der Waals surface area contributed by atoms with E-state index < -0.39 is 19.7 Å². The fraction of sp³-hybridized carbons (Fsp3) is 0.0400. The predicted molar refractivity (Wildman–Crippen MR) is 121 cm³/mol. The highest BCUT2D eigenvalue weighted by atomic mass is 32.2. The number of hydrogen-bond donors (Lipinski definition) is 0. The maximum absolute atomic E-state index is 13.4. The summed E-state index contributed by atoms with van der Waals surface area (Å²) in [5, 5.41) is 0. The second kappa shape index (κ2) is 8.98. The summed E-state index contributed by atoms with van der Waals surface area (Å²) in [4.78, 5) is -0.179. The van der Waals surface area contributed by atoms with Crippen molar-refractivity contribution in [2.75, 3.05) is 0 Å². The van der Waals surface area contributed by atoms with Crippen molar-refractivity contribution in [3.8, 4) is 5.75 Å². The lowest BCUT2D eigenvalue weighted by Gasteiger charge is -2.14. The second-order valence-corrected chi connectivity index (χ2v) is 10.9. The molecule has 162 valence electrons. The molecule has 0 aliphatic carbocycles. The SMILES string of the molecule is O=S(=O)(c1ccccc1)c1ccc(OCc2ccccc2)c(S(=O)(=O)c2ccccc2)c1. The van der Waals surface area contributed by atoms with Crippen molar-refractivity contribution in [2.45, 2.75) is 26.2 Å². The molecule has 0 aromatic heterocycles. The van der Waals surface area contributed by atoms with Gasteiger partial charge in [-0.15, -0.1) is 0 Å². The Balaban J connectivity index is 1.82. The summed E-state index contributed by atoms with van der Waals surface area (Å²) >= 11 is 0. The monoisotopic (exact) mass is 464 g/mol. The lowest BCUT2D eigenvalue weighted by molar-refractivity contribution is 0.297. The van der Waals surface area contributed by atoms with E-state index in [-0.39, 0.29) is 31.9 Å². The molecular weight excluding hydrogens is 444 g/mol. The second-order valence-electron chi connectivity index (χ2n) is 7.02. The van der Waals surface area contributed by atoms with Crippen molar-refractivity contribution in [1.29, 1.82) is 0 Å². The van der Waals surface area contributed by atoms with Crippen LogP contribution in [0.25, 0.3) is 0 Å². The highest BCUT2D eigenvalue weighted by molar-refractivity contribution is 7.92. The first-order chi connectivity index (χ1) is 15.4. The van der Waals surface area contributed by atoms with Crippen LogP contribution in [-0.4, -0.2) is 16.8 Å². The zero-order valence-corrected chi connectivity index (χ0v) is 18.6. The summed E-state index contributed by atoms with van der Waals surface area (Å²) in [7, 11) is -7.94. The number of rotatable bonds is 7. The average molecular weight is 465 g/mol. The molecule has 0 N–H and O–H groups in total. The molecule has 0 radical (unpaired) electrons. The number of ether oxygens (including phenoxy) is 1. The Kier molecular flexibility index (Phi) is 6.12. The molecule has 0 spiro atoms. The van der Waals surface area contributed by atoms with E-state index in [0.717, 1.165) is 5.56 Å². The average Bonchev–Trinajstić information content (AvgIpc) is 2.84. The van der Waals surface area contributed by atoms with Gasteiger partial charge in [0.2, 0.25) is 19.7 Å². The Morgan fingerprint density at radius 3 is 1.59 bits per heavy atom. The largest absolute Gasteiger partial charge is 0.488 e. The third kappa shape index (κ3) is 4.44. The van der Waals surface area contributed by atoms with Gasteiger partial charge in [-0.3, -0.25) is 0 Å². The quantitative estimate of drug-likeness (QED) is 0.388. The highest BCUT2D eigenvalue weighted by Crippen LogP contribution is 2.34. The lowest BCUT2D eigenvalue weighted by atomic mass is 10.2. The molecule has 32 heavy (non-hydrogen) atoms. The molecule has 0 unspecified atom stereocenters. The molecule has 4 aromatic rings. The number of hydrogen-bond acceptors (Lipinski definition) is 5. The van der Waals surface area contributed by atoms with Gasteiger partial charge in [0.15, 0.2) is 0 Å². The van der Waals surface area contributed by atoms with Crippen LogP contribution in [0.4, 0.5) is 0 Å². The molecule has 0 saturated heterocycles. The first-order valence-electron chi connectivity index (χ1n) is 9.80. The van der Waals surface area contributed by atoms with Gasteiger partial charge in [-0.25, -0.2) is 16.8 Å². The van der Waals surface area contributed by atoms with E-state index in [1.54, 1.807) is 36.4 Å². The van der Waals surface area contributed by atoms with Crippen LogP contribution in [0.5, 0.6) is 5.75 Å². The molecule has 0 saturated carbocycles. The highest BCUT2D eigenvalue weighted by Gasteiger charge is 2.26. The van der Waals surface area contributed by atoms with Gasteiger partial charge in [0.1, 0.15) is 17.3 Å². The minimum absolute atomic E-state index is 0.0545. The Morgan fingerprint density at radius 2 is 1.03 bits per heavy atom. The predicted octanol–water partition coefficient (Wildman–Crippen LogP) is 4.93. The van der Waals surface area contributed by atoms with Gasteiger partial charge in [-0.05, 0) is 48.0 Å². The first kappa shape index (κ1) is 21.8. The fourth-order valence-corrected chi connectivity index (χ4v) is 6.01. The van der Waals surface area contributed by atoms with Crippen LogP contribution in [0.15, 0.2) is 129 Å². The smallest absolute Gasteiger partial charge is 0.210 e. The number of benzene rings is 4. The fourth-order valence-electron chi connectivity index (χ4n) is 3.18. The third-order valence-electron chi connectivity index (χ3n) is 4.86. The van der Waals surface area contributed by atoms with E-state index in [1.165, 1.54) is 42.5 Å². The molecule has 0 amide bonds. The van der Waals surface area contributed by atoms with E-state index in [4.69, 9.17) is 4.74 Å². The topological polar surface area (TPSA) is 77.5 Å². The summed E-state index contributed by atoms with van der Waals surface area (Å²) in [6, 6.07) is 29.0. The first-order valence-corrected chi connectivity index (χ1v) is 12.8. The van der Waals surface area contributed by atoms with Gasteiger partial charge >= 0.3 is 0 Å². The summed E-state index contributed by atoms with van der Waals surface area (Å²) in [5.41, 5.74) is 0.858. The van der Waals surface area contributed by atoms with Gasteiger partial charge in [-0.1, -0.05) is 66.7 Å². The molecule has 0 fully saturated rings. The minimum atomic E-state index is -4.03. The van der Waals surface area contributed by atoms with Gasteiger partial charge < -0.3 is 4.74 Å². The molecule has 4 rings (SSSR count). The standard InChI is InChI=1S/C25H20O5S2/c26-31(27,21-12-6-2-7-13-21)23-16-17-24(30-19-20-10-4-1-5-11-20)25(18-23)32(28,29)22-14-8-3-9-15-22/h1-18H,19H2. The molecule has 0 aliphatic heterocycles. The maximum Gasteiger partial charge on any atom is 0.210 e. The third-order valence-corrected chi connectivity index (χ3v) is 8.42. The van der Waals surface area contributed by atoms with Crippen LogP contribution < -0.4 is 4.74 Å². The molecule has 0 atom stereocenters. The summed E-state index contributed by atoms with van der Waals surface area (Å²) in [6.45, 7) is 0.142. The van der Waals surface area contributed by atoms with Crippen LogP contribution >= 0.6 is 0 Å². The summed E-state index contributed by atoms with van der Waals surface area (Å²) in [5.74, 6) is 0.0877. The number of sulfone groups is 2. The van der Waals surface area contributed by atoms with Crippen LogP contribution in [0.3, 0.4) is 0 Å². The molecule has 5 nitrogen and oxygen atoms in total. The molecule has 4 aromatic carbocycles. The van der Waals surface area contributed by atoms with E-state index in [9.17, 15) is 16.8 Å². The zero-order chi connectivity index (χ0) is 22.6. The molecule has 0 aliphatic rings. The van der Waals surface area contributed by atoms with Gasteiger partial charge in [0.05, 0.1) is 14.7 Å².